The monoisotopic (exact) mass is 300 g/mol. The van der Waals surface area contributed by atoms with Crippen molar-refractivity contribution in [2.75, 3.05) is 19.7 Å². The van der Waals surface area contributed by atoms with Crippen LogP contribution >= 0.6 is 22.6 Å². The number of carbonyl (C=O) groups is 1. The largest absolute Gasteiger partial charge is 0.463 e. The predicted molar refractivity (Wildman–Crippen MR) is 57.0 cm³/mol. The highest BCUT2D eigenvalue weighted by Gasteiger charge is 2.13. The summed E-state index contributed by atoms with van der Waals surface area (Å²) >= 11 is 2.03. The summed E-state index contributed by atoms with van der Waals surface area (Å²) in [5, 5.41) is 11.6. The first kappa shape index (κ1) is 13.1. The Morgan fingerprint density at radius 2 is 2.15 bits per heavy atom. The summed E-state index contributed by atoms with van der Waals surface area (Å²) in [4.78, 5) is 11.1. The maximum Gasteiger partial charge on any atom is 0.318 e. The number of esters is 1. The van der Waals surface area contributed by atoms with Gasteiger partial charge in [0.25, 0.3) is 0 Å². The number of alkyl halides is 1. The third-order valence-corrected chi connectivity index (χ3v) is 2.94. The van der Waals surface area contributed by atoms with E-state index in [9.17, 15) is 10.0 Å². The molecule has 77 valence electrons. The van der Waals surface area contributed by atoms with Crippen LogP contribution < -0.4 is 0 Å². The van der Waals surface area contributed by atoms with Crippen LogP contribution in [0.4, 0.5) is 0 Å². The van der Waals surface area contributed by atoms with Gasteiger partial charge in [-0.2, -0.15) is 5.06 Å². The summed E-state index contributed by atoms with van der Waals surface area (Å²) in [6.45, 7) is 4.57. The van der Waals surface area contributed by atoms with Gasteiger partial charge in [0.2, 0.25) is 0 Å². The quantitative estimate of drug-likeness (QED) is 0.322. The van der Waals surface area contributed by atoms with Crippen LogP contribution in [0.1, 0.15) is 20.3 Å². The average molecular weight is 300 g/mol. The Morgan fingerprint density at radius 3 is 2.62 bits per heavy atom. The van der Waals surface area contributed by atoms with E-state index < -0.39 is 0 Å². The summed E-state index contributed by atoms with van der Waals surface area (Å²) in [5.74, 6) is -0.229. The molecule has 0 saturated heterocycles. The van der Waals surface area contributed by atoms with Gasteiger partial charge in [-0.3, -0.25) is 4.79 Å². The molecule has 0 aromatic rings. The highest BCUT2D eigenvalue weighted by Crippen LogP contribution is 2.06. The maximum absolute atomic E-state index is 11.1. The van der Waals surface area contributed by atoms with Gasteiger partial charge in [-0.05, 0) is 13.3 Å². The van der Waals surface area contributed by atoms with Crippen LogP contribution in [0.15, 0.2) is 0 Å². The fraction of sp³-hybridized carbons (Fsp3) is 0.875. The number of hydrogen-bond donors (Lipinski definition) is 0. The Labute approximate surface area is 92.3 Å². The lowest BCUT2D eigenvalue weighted by Crippen LogP contribution is -2.25. The van der Waals surface area contributed by atoms with E-state index in [1.54, 1.807) is 6.92 Å². The molecule has 1 atom stereocenters. The highest BCUT2D eigenvalue weighted by atomic mass is 127. The molecule has 0 aliphatic rings. The zero-order chi connectivity index (χ0) is 10.3. The van der Waals surface area contributed by atoms with Crippen LogP contribution in [-0.4, -0.2) is 34.7 Å². The summed E-state index contributed by atoms with van der Waals surface area (Å²) in [6.07, 6.45) is 0.758. The van der Waals surface area contributed by atoms with E-state index in [1.807, 2.05) is 29.5 Å². The highest BCUT2D eigenvalue weighted by molar-refractivity contribution is 14.1. The Bertz CT molecular complexity index is 154. The molecule has 0 aromatic carbocycles. The summed E-state index contributed by atoms with van der Waals surface area (Å²) in [6, 6.07) is 0. The van der Waals surface area contributed by atoms with Gasteiger partial charge in [-0.25, -0.2) is 0 Å². The minimum absolute atomic E-state index is 0.0978. The minimum atomic E-state index is -0.229. The first-order chi connectivity index (χ1) is 6.11. The van der Waals surface area contributed by atoms with Crippen molar-refractivity contribution in [2.45, 2.75) is 24.2 Å². The zero-order valence-corrected chi connectivity index (χ0v) is 10.1. The lowest BCUT2D eigenvalue weighted by molar-refractivity contribution is -0.167. The Hall–Kier alpha value is 0.120. The topological polar surface area (TPSA) is 49.4 Å². The van der Waals surface area contributed by atoms with Crippen molar-refractivity contribution in [3.63, 3.8) is 0 Å². The number of halogens is 1. The molecule has 4 nitrogen and oxygen atoms in total. The molecule has 0 amide bonds. The molecule has 0 heterocycles. The van der Waals surface area contributed by atoms with E-state index in [1.165, 1.54) is 0 Å². The molecule has 0 rings (SSSR count). The van der Waals surface area contributed by atoms with Crippen LogP contribution in [0.3, 0.4) is 0 Å². The molecule has 0 N–H and O–H groups in total. The molecule has 0 aliphatic carbocycles. The second-order valence-corrected chi connectivity index (χ2v) is 4.07. The van der Waals surface area contributed by atoms with E-state index in [4.69, 9.17) is 4.74 Å². The van der Waals surface area contributed by atoms with Crippen molar-refractivity contribution in [1.82, 2.24) is 5.06 Å². The first-order valence-corrected chi connectivity index (χ1v) is 5.59. The van der Waals surface area contributed by atoms with Gasteiger partial charge in [-0.15, -0.1) is 5.21 Å². The second-order valence-electron chi connectivity index (χ2n) is 2.56. The van der Waals surface area contributed by atoms with Crippen LogP contribution in [0, 0.1) is 0 Å². The van der Waals surface area contributed by atoms with Crippen LogP contribution in [0.5, 0.6) is 0 Å². The average Bonchev–Trinajstić information content (AvgIpc) is 2.15. The minimum Gasteiger partial charge on any atom is -0.463 e. The number of likely N-dealkylation sites (N-methyl/N-ethyl adjacent to an activating group) is 1. The lowest BCUT2D eigenvalue weighted by atomic mass is 10.3. The van der Waals surface area contributed by atoms with Crippen molar-refractivity contribution in [3.05, 3.63) is 0 Å². The molecule has 0 aliphatic heterocycles. The second kappa shape index (κ2) is 7.52. The lowest BCUT2D eigenvalue weighted by Gasteiger charge is -2.11. The van der Waals surface area contributed by atoms with Crippen LogP contribution in [0.2, 0.25) is 0 Å². The van der Waals surface area contributed by atoms with Crippen molar-refractivity contribution in [1.29, 1.82) is 0 Å². The molecule has 0 fully saturated rings. The predicted octanol–water partition coefficient (Wildman–Crippen LogP) is 1.41. The van der Waals surface area contributed by atoms with E-state index in [0.717, 1.165) is 11.5 Å². The van der Waals surface area contributed by atoms with Gasteiger partial charge in [0.1, 0.15) is 10.5 Å². The zero-order valence-electron chi connectivity index (χ0n) is 7.96. The molecule has 1 radical (unpaired) electrons. The van der Waals surface area contributed by atoms with Gasteiger partial charge in [-0.1, -0.05) is 29.5 Å². The molecular weight excluding hydrogens is 285 g/mol. The SMILES string of the molecule is CCC(I)C(=O)OCCN([O])CC. The fourth-order valence-corrected chi connectivity index (χ4v) is 0.843. The van der Waals surface area contributed by atoms with Crippen molar-refractivity contribution in [3.8, 4) is 0 Å². The van der Waals surface area contributed by atoms with Gasteiger partial charge in [0.05, 0.1) is 6.54 Å². The normalized spacial score (nSPS) is 13.0. The van der Waals surface area contributed by atoms with Gasteiger partial charge < -0.3 is 4.74 Å². The molecule has 1 unspecified atom stereocenters. The first-order valence-electron chi connectivity index (χ1n) is 4.34. The molecule has 0 spiro atoms. The van der Waals surface area contributed by atoms with Gasteiger partial charge in [0.15, 0.2) is 0 Å². The third-order valence-electron chi connectivity index (χ3n) is 1.55. The Morgan fingerprint density at radius 1 is 1.54 bits per heavy atom. The number of carbonyl (C=O) groups excluding carboxylic acids is 1. The molecule has 5 heteroatoms. The number of nitrogens with zero attached hydrogens (tertiary/aromatic N) is 1. The van der Waals surface area contributed by atoms with Crippen molar-refractivity contribution in [2.24, 2.45) is 0 Å². The fourth-order valence-electron chi connectivity index (χ4n) is 0.663. The van der Waals surface area contributed by atoms with Crippen molar-refractivity contribution < 1.29 is 14.7 Å². The molecule has 0 saturated carbocycles. The van der Waals surface area contributed by atoms with Gasteiger partial charge in [0, 0.05) is 6.54 Å². The summed E-state index contributed by atoms with van der Waals surface area (Å²) in [7, 11) is 0. The molecular formula is C8H15INO3. The number of ether oxygens (including phenoxy) is 1. The number of hydrogen-bond acceptors (Lipinski definition) is 3. The Kier molecular flexibility index (Phi) is 7.59. The summed E-state index contributed by atoms with van der Waals surface area (Å²) in [5.41, 5.74) is 0. The summed E-state index contributed by atoms with van der Waals surface area (Å²) < 4.78 is 4.78. The number of hydroxylamine groups is 2. The standard InChI is InChI=1S/C8H15INO3/c1-3-7(9)8(11)13-6-5-10(12)4-2/h7H,3-6H2,1-2H3. The van der Waals surface area contributed by atoms with Crippen LogP contribution in [0.25, 0.3) is 0 Å². The van der Waals surface area contributed by atoms with Crippen LogP contribution in [-0.2, 0) is 14.7 Å². The Balaban J connectivity index is 3.47. The van der Waals surface area contributed by atoms with E-state index in [2.05, 4.69) is 0 Å². The maximum atomic E-state index is 11.1. The van der Waals surface area contributed by atoms with Crippen molar-refractivity contribution >= 4 is 28.6 Å². The van der Waals surface area contributed by atoms with E-state index in [-0.39, 0.29) is 23.0 Å². The molecule has 13 heavy (non-hydrogen) atoms. The third kappa shape index (κ3) is 6.23. The van der Waals surface area contributed by atoms with Gasteiger partial charge >= 0.3 is 5.97 Å². The van der Waals surface area contributed by atoms with E-state index in [0.29, 0.717) is 6.54 Å². The molecule has 0 aromatic heterocycles. The molecule has 0 bridgehead atoms. The van der Waals surface area contributed by atoms with E-state index >= 15 is 0 Å². The smallest absolute Gasteiger partial charge is 0.318 e. The number of rotatable bonds is 6.